The van der Waals surface area contributed by atoms with E-state index in [0.29, 0.717) is 16.3 Å². The average Bonchev–Trinajstić information content (AvgIpc) is 2.98. The minimum atomic E-state index is -0.320. The summed E-state index contributed by atoms with van der Waals surface area (Å²) in [5.41, 5.74) is 1.46. The Morgan fingerprint density at radius 2 is 1.96 bits per heavy atom. The molecule has 0 atom stereocenters. The van der Waals surface area contributed by atoms with Crippen LogP contribution in [0.25, 0.3) is 5.69 Å². The summed E-state index contributed by atoms with van der Waals surface area (Å²) in [7, 11) is 1.59. The van der Waals surface area contributed by atoms with Gasteiger partial charge in [0, 0.05) is 19.3 Å². The minimum absolute atomic E-state index is 0.173. The first-order chi connectivity index (χ1) is 11.0. The first kappa shape index (κ1) is 15.1. The molecule has 0 bridgehead atoms. The van der Waals surface area contributed by atoms with Crippen molar-refractivity contribution >= 4 is 23.2 Å². The third kappa shape index (κ3) is 3.17. The number of nitrogens with one attached hydrogen (secondary N) is 1. The number of aromatic nitrogens is 3. The molecule has 0 aliphatic heterocycles. The SMILES string of the molecule is Cn1cc(C(=O)Nc2cnn(-c3ccccc3Cl)c2)ccc1=O. The summed E-state index contributed by atoms with van der Waals surface area (Å²) in [6.45, 7) is 0. The number of nitrogens with zero attached hydrogens (tertiary/aromatic N) is 3. The number of carbonyl (C=O) groups is 1. The van der Waals surface area contributed by atoms with Crippen LogP contribution in [0.1, 0.15) is 10.4 Å². The summed E-state index contributed by atoms with van der Waals surface area (Å²) in [6.07, 6.45) is 4.68. The second kappa shape index (κ2) is 6.10. The van der Waals surface area contributed by atoms with Gasteiger partial charge >= 0.3 is 0 Å². The van der Waals surface area contributed by atoms with Crippen molar-refractivity contribution in [3.63, 3.8) is 0 Å². The van der Waals surface area contributed by atoms with E-state index in [1.165, 1.54) is 29.1 Å². The van der Waals surface area contributed by atoms with Crippen LogP contribution in [-0.4, -0.2) is 20.3 Å². The number of hydrogen-bond acceptors (Lipinski definition) is 3. The fraction of sp³-hybridized carbons (Fsp3) is 0.0625. The van der Waals surface area contributed by atoms with Gasteiger partial charge in [-0.2, -0.15) is 5.10 Å². The van der Waals surface area contributed by atoms with Gasteiger partial charge in [0.05, 0.1) is 34.4 Å². The van der Waals surface area contributed by atoms with Crippen LogP contribution in [0.5, 0.6) is 0 Å². The van der Waals surface area contributed by atoms with Gasteiger partial charge in [0.2, 0.25) is 5.56 Å². The predicted molar refractivity (Wildman–Crippen MR) is 88.2 cm³/mol. The van der Waals surface area contributed by atoms with Crippen molar-refractivity contribution < 1.29 is 4.79 Å². The lowest BCUT2D eigenvalue weighted by atomic mass is 10.2. The molecule has 0 fully saturated rings. The van der Waals surface area contributed by atoms with Crippen molar-refractivity contribution in [3.05, 3.63) is 75.9 Å². The van der Waals surface area contributed by atoms with Gasteiger partial charge in [-0.05, 0) is 18.2 Å². The zero-order chi connectivity index (χ0) is 16.4. The van der Waals surface area contributed by atoms with Crippen LogP contribution in [0.15, 0.2) is 59.8 Å². The molecule has 3 aromatic rings. The molecule has 0 aliphatic rings. The number of para-hydroxylation sites is 1. The highest BCUT2D eigenvalue weighted by molar-refractivity contribution is 6.32. The number of anilines is 1. The summed E-state index contributed by atoms with van der Waals surface area (Å²) in [6, 6.07) is 10.1. The van der Waals surface area contributed by atoms with E-state index >= 15 is 0 Å². The highest BCUT2D eigenvalue weighted by Gasteiger charge is 2.10. The van der Waals surface area contributed by atoms with Crippen LogP contribution in [0.4, 0.5) is 5.69 Å². The monoisotopic (exact) mass is 328 g/mol. The summed E-state index contributed by atoms with van der Waals surface area (Å²) in [5, 5.41) is 7.48. The highest BCUT2D eigenvalue weighted by atomic mass is 35.5. The van der Waals surface area contributed by atoms with E-state index in [2.05, 4.69) is 10.4 Å². The third-order valence-corrected chi connectivity index (χ3v) is 3.61. The molecule has 7 heteroatoms. The maximum absolute atomic E-state index is 12.2. The Kier molecular flexibility index (Phi) is 3.99. The number of halogens is 1. The zero-order valence-electron chi connectivity index (χ0n) is 12.2. The van der Waals surface area contributed by atoms with Crippen molar-refractivity contribution in [2.75, 3.05) is 5.32 Å². The van der Waals surface area contributed by atoms with E-state index in [9.17, 15) is 9.59 Å². The number of benzene rings is 1. The molecule has 0 saturated carbocycles. The Labute approximate surface area is 136 Å². The number of carbonyl (C=O) groups excluding carboxylic acids is 1. The molecular formula is C16H13ClN4O2. The van der Waals surface area contributed by atoms with Crippen LogP contribution in [0, 0.1) is 0 Å². The summed E-state index contributed by atoms with van der Waals surface area (Å²) < 4.78 is 2.93. The van der Waals surface area contributed by atoms with Crippen LogP contribution < -0.4 is 10.9 Å². The second-order valence-electron chi connectivity index (χ2n) is 4.95. The number of pyridine rings is 1. The van der Waals surface area contributed by atoms with Gasteiger partial charge in [0.1, 0.15) is 0 Å². The molecule has 0 unspecified atom stereocenters. The maximum Gasteiger partial charge on any atom is 0.257 e. The molecule has 1 N–H and O–H groups in total. The Bertz CT molecular complexity index is 930. The fourth-order valence-electron chi connectivity index (χ4n) is 2.09. The third-order valence-electron chi connectivity index (χ3n) is 3.29. The highest BCUT2D eigenvalue weighted by Crippen LogP contribution is 2.20. The molecule has 6 nitrogen and oxygen atoms in total. The van der Waals surface area contributed by atoms with Crippen LogP contribution in [-0.2, 0) is 7.05 Å². The molecule has 2 heterocycles. The topological polar surface area (TPSA) is 68.9 Å². The Morgan fingerprint density at radius 3 is 2.70 bits per heavy atom. The van der Waals surface area contributed by atoms with E-state index in [1.807, 2.05) is 18.2 Å². The molecule has 0 radical (unpaired) electrons. The van der Waals surface area contributed by atoms with Gasteiger partial charge in [-0.1, -0.05) is 23.7 Å². The van der Waals surface area contributed by atoms with Crippen molar-refractivity contribution in [2.45, 2.75) is 0 Å². The molecule has 116 valence electrons. The normalized spacial score (nSPS) is 10.5. The first-order valence-corrected chi connectivity index (χ1v) is 7.20. The molecule has 0 aliphatic carbocycles. The second-order valence-corrected chi connectivity index (χ2v) is 5.35. The average molecular weight is 329 g/mol. The van der Waals surface area contributed by atoms with Gasteiger partial charge in [-0.25, -0.2) is 4.68 Å². The summed E-state index contributed by atoms with van der Waals surface area (Å²) >= 11 is 6.12. The minimum Gasteiger partial charge on any atom is -0.319 e. The van der Waals surface area contributed by atoms with Gasteiger partial charge in [0.25, 0.3) is 5.91 Å². The Balaban J connectivity index is 1.81. The smallest absolute Gasteiger partial charge is 0.257 e. The molecule has 0 spiro atoms. The van der Waals surface area contributed by atoms with Crippen LogP contribution >= 0.6 is 11.6 Å². The molecule has 2 aromatic heterocycles. The van der Waals surface area contributed by atoms with Crippen LogP contribution in [0.2, 0.25) is 5.02 Å². The van der Waals surface area contributed by atoms with E-state index in [4.69, 9.17) is 11.6 Å². The number of amides is 1. The summed E-state index contributed by atoms with van der Waals surface area (Å²) in [4.78, 5) is 23.6. The standard InChI is InChI=1S/C16H13ClN4O2/c1-20-9-11(6-7-15(20)22)16(23)19-12-8-18-21(10-12)14-5-3-2-4-13(14)17/h2-10H,1H3,(H,19,23). The molecule has 0 saturated heterocycles. The lowest BCUT2D eigenvalue weighted by Gasteiger charge is -2.04. The van der Waals surface area contributed by atoms with Gasteiger partial charge in [-0.3, -0.25) is 9.59 Å². The van der Waals surface area contributed by atoms with Crippen LogP contribution in [0.3, 0.4) is 0 Å². The molecule has 3 rings (SSSR count). The lowest BCUT2D eigenvalue weighted by Crippen LogP contribution is -2.19. The fourth-order valence-corrected chi connectivity index (χ4v) is 2.31. The van der Waals surface area contributed by atoms with Crippen molar-refractivity contribution in [1.82, 2.24) is 14.3 Å². The van der Waals surface area contributed by atoms with Gasteiger partial charge in [-0.15, -0.1) is 0 Å². The zero-order valence-corrected chi connectivity index (χ0v) is 13.0. The van der Waals surface area contributed by atoms with E-state index in [1.54, 1.807) is 24.0 Å². The van der Waals surface area contributed by atoms with Crippen molar-refractivity contribution in [2.24, 2.45) is 7.05 Å². The Morgan fingerprint density at radius 1 is 1.17 bits per heavy atom. The number of rotatable bonds is 3. The van der Waals surface area contributed by atoms with E-state index < -0.39 is 0 Å². The number of hydrogen-bond donors (Lipinski definition) is 1. The molecule has 1 aromatic carbocycles. The van der Waals surface area contributed by atoms with Crippen molar-refractivity contribution in [1.29, 1.82) is 0 Å². The molecular weight excluding hydrogens is 316 g/mol. The van der Waals surface area contributed by atoms with E-state index in [-0.39, 0.29) is 11.5 Å². The quantitative estimate of drug-likeness (QED) is 0.803. The lowest BCUT2D eigenvalue weighted by molar-refractivity contribution is 0.102. The summed E-state index contributed by atoms with van der Waals surface area (Å²) in [5.74, 6) is -0.320. The van der Waals surface area contributed by atoms with Gasteiger partial charge < -0.3 is 9.88 Å². The number of aryl methyl sites for hydroxylation is 1. The molecule has 23 heavy (non-hydrogen) atoms. The first-order valence-electron chi connectivity index (χ1n) is 6.82. The largest absolute Gasteiger partial charge is 0.319 e. The van der Waals surface area contributed by atoms with E-state index in [0.717, 1.165) is 5.69 Å². The molecule has 1 amide bonds. The van der Waals surface area contributed by atoms with Gasteiger partial charge in [0.15, 0.2) is 0 Å². The Hall–Kier alpha value is -2.86. The predicted octanol–water partition coefficient (Wildman–Crippen LogP) is 2.48. The maximum atomic E-state index is 12.2. The van der Waals surface area contributed by atoms with Crippen molar-refractivity contribution in [3.8, 4) is 5.69 Å².